The van der Waals surface area contributed by atoms with Crippen LogP contribution in [0.4, 0.5) is 0 Å². The molecule has 1 saturated heterocycles. The minimum Gasteiger partial charge on any atom is -0.316 e. The van der Waals surface area contributed by atoms with E-state index in [-0.39, 0.29) is 0 Å². The summed E-state index contributed by atoms with van der Waals surface area (Å²) in [4.78, 5) is 0. The molecule has 0 spiro atoms. The van der Waals surface area contributed by atoms with Gasteiger partial charge in [0.2, 0.25) is 0 Å². The Kier molecular flexibility index (Phi) is 6.37. The molecule has 0 saturated carbocycles. The molecule has 2 nitrogen and oxygen atoms in total. The lowest BCUT2D eigenvalue weighted by Gasteiger charge is -2.26. The number of rotatable bonds is 7. The van der Waals surface area contributed by atoms with Gasteiger partial charge < -0.3 is 10.6 Å². The van der Waals surface area contributed by atoms with Gasteiger partial charge in [0, 0.05) is 6.54 Å². The highest BCUT2D eigenvalue weighted by Gasteiger charge is 2.16. The topological polar surface area (TPSA) is 24.1 Å². The van der Waals surface area contributed by atoms with Crippen LogP contribution in [0.2, 0.25) is 0 Å². The van der Waals surface area contributed by atoms with E-state index in [1.54, 1.807) is 0 Å². The first-order chi connectivity index (χ1) is 7.64. The summed E-state index contributed by atoms with van der Waals surface area (Å²) < 4.78 is 0. The molecular weight excluding hydrogens is 196 g/mol. The van der Waals surface area contributed by atoms with Crippen LogP contribution in [-0.2, 0) is 0 Å². The van der Waals surface area contributed by atoms with Crippen LogP contribution >= 0.6 is 0 Å². The summed E-state index contributed by atoms with van der Waals surface area (Å²) in [5.41, 5.74) is 0.472. The Balaban J connectivity index is 2.02. The first kappa shape index (κ1) is 14.0. The Morgan fingerprint density at radius 2 is 2.19 bits per heavy atom. The summed E-state index contributed by atoms with van der Waals surface area (Å²) in [6.45, 7) is 11.8. The van der Waals surface area contributed by atoms with Crippen LogP contribution in [-0.4, -0.2) is 26.2 Å². The smallest absolute Gasteiger partial charge is 0.000252 e. The Morgan fingerprint density at radius 1 is 1.38 bits per heavy atom. The fourth-order valence-electron chi connectivity index (χ4n) is 2.67. The Morgan fingerprint density at radius 3 is 2.81 bits per heavy atom. The molecular formula is C14H30N2. The molecule has 1 aliphatic rings. The molecule has 16 heavy (non-hydrogen) atoms. The summed E-state index contributed by atoms with van der Waals surface area (Å²) in [6.07, 6.45) is 6.75. The summed E-state index contributed by atoms with van der Waals surface area (Å²) in [5, 5.41) is 7.11. The molecule has 0 aromatic rings. The lowest BCUT2D eigenvalue weighted by atomic mass is 9.88. The summed E-state index contributed by atoms with van der Waals surface area (Å²) in [6, 6.07) is 0. The van der Waals surface area contributed by atoms with Gasteiger partial charge in [-0.15, -0.1) is 0 Å². The molecule has 0 aromatic carbocycles. The number of nitrogens with one attached hydrogen (secondary N) is 2. The molecule has 1 rings (SSSR count). The second-order valence-corrected chi connectivity index (χ2v) is 6.09. The average molecular weight is 226 g/mol. The van der Waals surface area contributed by atoms with E-state index >= 15 is 0 Å². The molecule has 0 aromatic heterocycles. The monoisotopic (exact) mass is 226 g/mol. The van der Waals surface area contributed by atoms with Crippen molar-refractivity contribution in [2.75, 3.05) is 26.2 Å². The van der Waals surface area contributed by atoms with E-state index in [9.17, 15) is 0 Å². The molecule has 1 fully saturated rings. The van der Waals surface area contributed by atoms with Crippen molar-refractivity contribution < 1.29 is 0 Å². The summed E-state index contributed by atoms with van der Waals surface area (Å²) >= 11 is 0. The third-order valence-corrected chi connectivity index (χ3v) is 3.66. The van der Waals surface area contributed by atoms with Gasteiger partial charge in [0.05, 0.1) is 0 Å². The van der Waals surface area contributed by atoms with E-state index in [2.05, 4.69) is 31.4 Å². The standard InChI is InChI=1S/C14H30N2/c1-4-8-14(2,3)12-16-10-7-13-6-5-9-15-11-13/h13,15-16H,4-12H2,1-3H3. The van der Waals surface area contributed by atoms with E-state index in [1.807, 2.05) is 0 Å². The summed E-state index contributed by atoms with van der Waals surface area (Å²) in [5.74, 6) is 0.913. The second-order valence-electron chi connectivity index (χ2n) is 6.09. The molecule has 0 radical (unpaired) electrons. The third kappa shape index (κ3) is 5.86. The number of hydrogen-bond acceptors (Lipinski definition) is 2. The zero-order chi connectivity index (χ0) is 11.9. The molecule has 1 aliphatic heterocycles. The molecule has 2 heteroatoms. The molecule has 0 aliphatic carbocycles. The largest absolute Gasteiger partial charge is 0.316 e. The van der Waals surface area contributed by atoms with Crippen LogP contribution in [0.15, 0.2) is 0 Å². The van der Waals surface area contributed by atoms with Crippen LogP contribution in [0.5, 0.6) is 0 Å². The van der Waals surface area contributed by atoms with Gasteiger partial charge in [-0.05, 0) is 56.7 Å². The Labute approximate surface area is 102 Å². The minimum atomic E-state index is 0.472. The first-order valence-corrected chi connectivity index (χ1v) is 7.05. The molecule has 96 valence electrons. The predicted molar refractivity (Wildman–Crippen MR) is 71.8 cm³/mol. The van der Waals surface area contributed by atoms with Gasteiger partial charge in [0.15, 0.2) is 0 Å². The molecule has 2 N–H and O–H groups in total. The van der Waals surface area contributed by atoms with Crippen molar-refractivity contribution in [3.8, 4) is 0 Å². The van der Waals surface area contributed by atoms with Gasteiger partial charge in [-0.3, -0.25) is 0 Å². The van der Waals surface area contributed by atoms with Crippen LogP contribution in [0.1, 0.15) is 52.9 Å². The van der Waals surface area contributed by atoms with Crippen LogP contribution in [0.3, 0.4) is 0 Å². The minimum absolute atomic E-state index is 0.472. The van der Waals surface area contributed by atoms with Gasteiger partial charge in [0.25, 0.3) is 0 Å². The zero-order valence-electron chi connectivity index (χ0n) is 11.4. The van der Waals surface area contributed by atoms with Gasteiger partial charge in [-0.1, -0.05) is 27.2 Å². The van der Waals surface area contributed by atoms with Gasteiger partial charge in [-0.25, -0.2) is 0 Å². The van der Waals surface area contributed by atoms with E-state index in [0.717, 1.165) is 5.92 Å². The molecule has 0 amide bonds. The van der Waals surface area contributed by atoms with Gasteiger partial charge in [-0.2, -0.15) is 0 Å². The highest BCUT2D eigenvalue weighted by atomic mass is 14.9. The van der Waals surface area contributed by atoms with Crippen molar-refractivity contribution in [2.45, 2.75) is 52.9 Å². The van der Waals surface area contributed by atoms with Crippen molar-refractivity contribution in [3.63, 3.8) is 0 Å². The fourth-order valence-corrected chi connectivity index (χ4v) is 2.67. The van der Waals surface area contributed by atoms with Crippen molar-refractivity contribution in [3.05, 3.63) is 0 Å². The first-order valence-electron chi connectivity index (χ1n) is 7.05. The Hall–Kier alpha value is -0.0800. The lowest BCUT2D eigenvalue weighted by Crippen LogP contribution is -2.34. The lowest BCUT2D eigenvalue weighted by molar-refractivity contribution is 0.297. The maximum atomic E-state index is 3.63. The molecule has 1 atom stereocenters. The summed E-state index contributed by atoms with van der Waals surface area (Å²) in [7, 11) is 0. The Bertz CT molecular complexity index is 172. The third-order valence-electron chi connectivity index (χ3n) is 3.66. The number of piperidine rings is 1. The predicted octanol–water partition coefficient (Wildman–Crippen LogP) is 2.79. The molecule has 1 unspecified atom stereocenters. The van der Waals surface area contributed by atoms with Crippen molar-refractivity contribution in [2.24, 2.45) is 11.3 Å². The highest BCUT2D eigenvalue weighted by Crippen LogP contribution is 2.20. The number of hydrogen-bond donors (Lipinski definition) is 2. The zero-order valence-corrected chi connectivity index (χ0v) is 11.4. The maximum Gasteiger partial charge on any atom is 0.000252 e. The van der Waals surface area contributed by atoms with Crippen molar-refractivity contribution in [1.29, 1.82) is 0 Å². The van der Waals surface area contributed by atoms with E-state index in [1.165, 1.54) is 58.3 Å². The quantitative estimate of drug-likeness (QED) is 0.652. The normalized spacial score (nSPS) is 22.3. The highest BCUT2D eigenvalue weighted by molar-refractivity contribution is 4.73. The van der Waals surface area contributed by atoms with Gasteiger partial charge in [0.1, 0.15) is 0 Å². The average Bonchev–Trinajstić information content (AvgIpc) is 2.26. The van der Waals surface area contributed by atoms with Crippen molar-refractivity contribution in [1.82, 2.24) is 10.6 Å². The van der Waals surface area contributed by atoms with Crippen LogP contribution in [0.25, 0.3) is 0 Å². The SMILES string of the molecule is CCCC(C)(C)CNCCC1CCCNC1. The van der Waals surface area contributed by atoms with Gasteiger partial charge >= 0.3 is 0 Å². The fraction of sp³-hybridized carbons (Fsp3) is 1.00. The van der Waals surface area contributed by atoms with Crippen LogP contribution in [0, 0.1) is 11.3 Å². The van der Waals surface area contributed by atoms with E-state index in [4.69, 9.17) is 0 Å². The van der Waals surface area contributed by atoms with E-state index in [0.29, 0.717) is 5.41 Å². The van der Waals surface area contributed by atoms with Crippen molar-refractivity contribution >= 4 is 0 Å². The molecule has 0 bridgehead atoms. The van der Waals surface area contributed by atoms with E-state index < -0.39 is 0 Å². The molecule has 1 heterocycles. The second kappa shape index (κ2) is 7.29. The van der Waals surface area contributed by atoms with Crippen LogP contribution < -0.4 is 10.6 Å². The maximum absolute atomic E-state index is 3.63.